The number of nitrogens with one attached hydrogen (secondary N) is 1. The molecule has 22 heavy (non-hydrogen) atoms. The number of benzene rings is 1. The van der Waals surface area contributed by atoms with Gasteiger partial charge in [0.2, 0.25) is 5.95 Å². The highest BCUT2D eigenvalue weighted by Crippen LogP contribution is 2.18. The smallest absolute Gasteiger partial charge is 0.229 e. The van der Waals surface area contributed by atoms with E-state index in [9.17, 15) is 0 Å². The zero-order chi connectivity index (χ0) is 15.9. The van der Waals surface area contributed by atoms with Crippen LogP contribution in [0.1, 0.15) is 31.0 Å². The third-order valence-electron chi connectivity index (χ3n) is 3.35. The van der Waals surface area contributed by atoms with Crippen molar-refractivity contribution in [2.75, 3.05) is 23.8 Å². The average molecular weight is 295 g/mol. The van der Waals surface area contributed by atoms with Crippen molar-refractivity contribution in [2.24, 2.45) is 0 Å². The lowest BCUT2D eigenvalue weighted by Crippen LogP contribution is -2.20. The van der Waals surface area contributed by atoms with Crippen molar-refractivity contribution in [3.8, 4) is 6.07 Å². The molecular weight excluding hydrogens is 274 g/mol. The van der Waals surface area contributed by atoms with Crippen LogP contribution in [0.5, 0.6) is 0 Å². The molecule has 0 saturated heterocycles. The molecule has 0 spiro atoms. The highest BCUT2D eigenvalue weighted by molar-refractivity contribution is 5.56. The number of aromatic nitrogens is 2. The molecule has 5 nitrogen and oxygen atoms in total. The van der Waals surface area contributed by atoms with Crippen LogP contribution in [0.2, 0.25) is 0 Å². The van der Waals surface area contributed by atoms with E-state index >= 15 is 0 Å². The Bertz CT molecular complexity index is 658. The van der Waals surface area contributed by atoms with E-state index in [4.69, 9.17) is 5.26 Å². The van der Waals surface area contributed by atoms with Crippen LogP contribution in [-0.4, -0.2) is 23.6 Å². The van der Waals surface area contributed by atoms with Gasteiger partial charge in [0.05, 0.1) is 11.6 Å². The SMILES string of the molecule is CCCCN(C)c1cc(C)nc(Nc2ccc(C#N)cc2)n1. The van der Waals surface area contributed by atoms with Crippen LogP contribution in [-0.2, 0) is 0 Å². The third kappa shape index (κ3) is 4.19. The first kappa shape index (κ1) is 15.8. The molecule has 2 aromatic rings. The van der Waals surface area contributed by atoms with Crippen LogP contribution in [0, 0.1) is 18.3 Å². The van der Waals surface area contributed by atoms with Crippen molar-refractivity contribution >= 4 is 17.5 Å². The van der Waals surface area contributed by atoms with Crippen LogP contribution in [0.4, 0.5) is 17.5 Å². The fourth-order valence-corrected chi connectivity index (χ4v) is 2.07. The second kappa shape index (κ2) is 7.41. The molecule has 114 valence electrons. The number of nitriles is 1. The summed E-state index contributed by atoms with van der Waals surface area (Å²) < 4.78 is 0. The Morgan fingerprint density at radius 3 is 2.59 bits per heavy atom. The first-order chi connectivity index (χ1) is 10.6. The monoisotopic (exact) mass is 295 g/mol. The zero-order valence-electron chi connectivity index (χ0n) is 13.3. The van der Waals surface area contributed by atoms with Crippen molar-refractivity contribution in [3.05, 3.63) is 41.6 Å². The molecule has 2 rings (SSSR count). The normalized spacial score (nSPS) is 10.1. The van der Waals surface area contributed by atoms with Gasteiger partial charge in [-0.25, -0.2) is 4.98 Å². The molecule has 0 amide bonds. The highest BCUT2D eigenvalue weighted by Gasteiger charge is 2.07. The summed E-state index contributed by atoms with van der Waals surface area (Å²) >= 11 is 0. The maximum Gasteiger partial charge on any atom is 0.229 e. The van der Waals surface area contributed by atoms with E-state index in [1.807, 2.05) is 32.2 Å². The van der Waals surface area contributed by atoms with Gasteiger partial charge in [-0.15, -0.1) is 0 Å². The fraction of sp³-hybridized carbons (Fsp3) is 0.353. The van der Waals surface area contributed by atoms with Crippen molar-refractivity contribution in [2.45, 2.75) is 26.7 Å². The van der Waals surface area contributed by atoms with E-state index in [-0.39, 0.29) is 0 Å². The first-order valence-corrected chi connectivity index (χ1v) is 7.46. The van der Waals surface area contributed by atoms with Gasteiger partial charge in [0.15, 0.2) is 0 Å². The van der Waals surface area contributed by atoms with Gasteiger partial charge in [-0.05, 0) is 37.6 Å². The summed E-state index contributed by atoms with van der Waals surface area (Å²) in [5.41, 5.74) is 2.42. The second-order valence-electron chi connectivity index (χ2n) is 5.28. The molecular formula is C17H21N5. The standard InChI is InChI=1S/C17H21N5/c1-4-5-10-22(3)16-11-13(2)19-17(21-16)20-15-8-6-14(12-18)7-9-15/h6-9,11H,4-5,10H2,1-3H3,(H,19,20,21). The average Bonchev–Trinajstić information content (AvgIpc) is 2.52. The van der Waals surface area contributed by atoms with Crippen LogP contribution in [0.3, 0.4) is 0 Å². The van der Waals surface area contributed by atoms with Gasteiger partial charge < -0.3 is 10.2 Å². The minimum Gasteiger partial charge on any atom is -0.360 e. The molecule has 1 N–H and O–H groups in total. The molecule has 0 atom stereocenters. The first-order valence-electron chi connectivity index (χ1n) is 7.46. The Labute approximate surface area is 131 Å². The minimum atomic E-state index is 0.572. The molecule has 0 saturated carbocycles. The summed E-state index contributed by atoms with van der Waals surface area (Å²) in [5, 5.41) is 12.0. The molecule has 0 aliphatic carbocycles. The number of nitrogens with zero attached hydrogens (tertiary/aromatic N) is 4. The van der Waals surface area contributed by atoms with Gasteiger partial charge in [-0.1, -0.05) is 13.3 Å². The lowest BCUT2D eigenvalue weighted by molar-refractivity contribution is 0.758. The summed E-state index contributed by atoms with van der Waals surface area (Å²) in [6.07, 6.45) is 2.29. The van der Waals surface area contributed by atoms with E-state index in [0.717, 1.165) is 36.6 Å². The molecule has 0 bridgehead atoms. The quantitative estimate of drug-likeness (QED) is 0.881. The number of anilines is 3. The fourth-order valence-electron chi connectivity index (χ4n) is 2.07. The number of hydrogen-bond donors (Lipinski definition) is 1. The zero-order valence-corrected chi connectivity index (χ0v) is 13.3. The van der Waals surface area contributed by atoms with Gasteiger partial charge in [0.1, 0.15) is 5.82 Å². The summed E-state index contributed by atoms with van der Waals surface area (Å²) in [6, 6.07) is 11.3. The number of unbranched alkanes of at least 4 members (excludes halogenated alkanes) is 1. The summed E-state index contributed by atoms with van der Waals surface area (Å²) in [5.74, 6) is 1.49. The Morgan fingerprint density at radius 2 is 1.95 bits per heavy atom. The van der Waals surface area contributed by atoms with Crippen LogP contribution in [0.25, 0.3) is 0 Å². The molecule has 1 aromatic carbocycles. The Morgan fingerprint density at radius 1 is 1.23 bits per heavy atom. The summed E-state index contributed by atoms with van der Waals surface area (Å²) in [4.78, 5) is 11.1. The molecule has 1 heterocycles. The van der Waals surface area contributed by atoms with E-state index in [1.54, 1.807) is 12.1 Å². The number of aryl methyl sites for hydroxylation is 1. The van der Waals surface area contributed by atoms with Gasteiger partial charge in [0.25, 0.3) is 0 Å². The van der Waals surface area contributed by atoms with Gasteiger partial charge >= 0.3 is 0 Å². The topological polar surface area (TPSA) is 64.8 Å². The largest absolute Gasteiger partial charge is 0.360 e. The molecule has 0 aliphatic rings. The van der Waals surface area contributed by atoms with Crippen molar-refractivity contribution < 1.29 is 0 Å². The predicted molar refractivity (Wildman–Crippen MR) is 89.4 cm³/mol. The van der Waals surface area contributed by atoms with Crippen molar-refractivity contribution in [3.63, 3.8) is 0 Å². The van der Waals surface area contributed by atoms with Gasteiger partial charge in [0, 0.05) is 31.0 Å². The molecule has 0 radical (unpaired) electrons. The van der Waals surface area contributed by atoms with Crippen LogP contribution >= 0.6 is 0 Å². The molecule has 1 aromatic heterocycles. The summed E-state index contributed by atoms with van der Waals surface area (Å²) in [6.45, 7) is 5.11. The molecule has 0 fully saturated rings. The summed E-state index contributed by atoms with van der Waals surface area (Å²) in [7, 11) is 2.04. The van der Waals surface area contributed by atoms with E-state index < -0.39 is 0 Å². The third-order valence-corrected chi connectivity index (χ3v) is 3.35. The van der Waals surface area contributed by atoms with E-state index in [0.29, 0.717) is 11.5 Å². The lowest BCUT2D eigenvalue weighted by Gasteiger charge is -2.19. The lowest BCUT2D eigenvalue weighted by atomic mass is 10.2. The Balaban J connectivity index is 2.16. The van der Waals surface area contributed by atoms with E-state index in [1.165, 1.54) is 0 Å². The maximum atomic E-state index is 8.82. The minimum absolute atomic E-state index is 0.572. The highest BCUT2D eigenvalue weighted by atomic mass is 15.2. The van der Waals surface area contributed by atoms with Crippen molar-refractivity contribution in [1.29, 1.82) is 5.26 Å². The maximum absolute atomic E-state index is 8.82. The predicted octanol–water partition coefficient (Wildman–Crippen LogP) is 3.64. The molecule has 0 aliphatic heterocycles. The molecule has 5 heteroatoms. The second-order valence-corrected chi connectivity index (χ2v) is 5.28. The van der Waals surface area contributed by atoms with Crippen LogP contribution in [0.15, 0.2) is 30.3 Å². The Hall–Kier alpha value is -2.61. The Kier molecular flexibility index (Phi) is 5.31. The van der Waals surface area contributed by atoms with E-state index in [2.05, 4.69) is 33.2 Å². The molecule has 0 unspecified atom stereocenters. The number of hydrogen-bond acceptors (Lipinski definition) is 5. The van der Waals surface area contributed by atoms with Crippen molar-refractivity contribution in [1.82, 2.24) is 9.97 Å². The van der Waals surface area contributed by atoms with Gasteiger partial charge in [-0.2, -0.15) is 10.2 Å². The number of rotatable bonds is 6. The van der Waals surface area contributed by atoms with Gasteiger partial charge in [-0.3, -0.25) is 0 Å². The van der Waals surface area contributed by atoms with Crippen LogP contribution < -0.4 is 10.2 Å².